The molecule has 0 aromatic heterocycles. The van der Waals surface area contributed by atoms with Crippen molar-refractivity contribution in [1.82, 2.24) is 0 Å². The molecule has 0 saturated carbocycles. The van der Waals surface area contributed by atoms with Crippen LogP contribution in [0.5, 0.6) is 0 Å². The predicted molar refractivity (Wildman–Crippen MR) is 35.2 cm³/mol. The standard InChI is InChI=1S/C6H6.Hg.HNO3/c1-2-4-6-5-3-1;;2-1(3)4/h1-6H;;(H,2,3,4)/q;+1;. The molecule has 0 fully saturated rings. The summed E-state index contributed by atoms with van der Waals surface area (Å²) in [6, 6.07) is 12.0. The van der Waals surface area contributed by atoms with E-state index in [1.54, 1.807) is 0 Å². The van der Waals surface area contributed by atoms with Crippen LogP contribution in [0.2, 0.25) is 0 Å². The van der Waals surface area contributed by atoms with Gasteiger partial charge in [0.05, 0.1) is 0 Å². The quantitative estimate of drug-likeness (QED) is 0.440. The third kappa shape index (κ3) is 17.6. The van der Waals surface area contributed by atoms with Crippen LogP contribution in [0.15, 0.2) is 36.4 Å². The van der Waals surface area contributed by atoms with Crippen molar-refractivity contribution >= 4 is 0 Å². The number of hydrogen-bond acceptors (Lipinski definition) is 2. The first-order chi connectivity index (χ1) is 4.73. The van der Waals surface area contributed by atoms with E-state index < -0.39 is 5.09 Å². The molecule has 0 aliphatic rings. The topological polar surface area (TPSA) is 63.4 Å². The third-order valence-electron chi connectivity index (χ3n) is 0.667. The van der Waals surface area contributed by atoms with Gasteiger partial charge >= 0.3 is 27.7 Å². The van der Waals surface area contributed by atoms with Crippen molar-refractivity contribution in [3.63, 3.8) is 0 Å². The Kier molecular flexibility index (Phi) is 11.0. The SMILES string of the molecule is O=[N+]([O-])O.[Hg+].c1ccccc1. The Morgan fingerprint density at radius 2 is 1.09 bits per heavy atom. The van der Waals surface area contributed by atoms with Gasteiger partial charge in [-0.25, -0.2) is 0 Å². The Labute approximate surface area is 84.5 Å². The van der Waals surface area contributed by atoms with Crippen molar-refractivity contribution in [3.8, 4) is 0 Å². The molecule has 0 aliphatic heterocycles. The first kappa shape index (κ1) is 13.0. The van der Waals surface area contributed by atoms with Crippen molar-refractivity contribution in [3.05, 3.63) is 46.5 Å². The summed E-state index contributed by atoms with van der Waals surface area (Å²) in [6.45, 7) is 0. The van der Waals surface area contributed by atoms with Gasteiger partial charge in [-0.15, -0.1) is 10.1 Å². The van der Waals surface area contributed by atoms with E-state index in [1.165, 1.54) is 0 Å². The Balaban J connectivity index is 0. The van der Waals surface area contributed by atoms with Gasteiger partial charge in [0.1, 0.15) is 0 Å². The van der Waals surface area contributed by atoms with Gasteiger partial charge in [0.15, 0.2) is 0 Å². The molecule has 5 heteroatoms. The molecule has 0 spiro atoms. The fourth-order valence-electron chi connectivity index (χ4n) is 0.385. The van der Waals surface area contributed by atoms with Crippen molar-refractivity contribution in [1.29, 1.82) is 0 Å². The molecule has 0 aliphatic carbocycles. The number of benzene rings is 1. The van der Waals surface area contributed by atoms with E-state index in [2.05, 4.69) is 0 Å². The Morgan fingerprint density at radius 1 is 1.00 bits per heavy atom. The minimum Gasteiger partial charge on any atom is -0.328 e. The molecule has 1 radical (unpaired) electrons. The molecule has 1 aromatic rings. The van der Waals surface area contributed by atoms with Crippen molar-refractivity contribution in [2.24, 2.45) is 0 Å². The maximum absolute atomic E-state index is 8.36. The fourth-order valence-corrected chi connectivity index (χ4v) is 0.385. The van der Waals surface area contributed by atoms with Gasteiger partial charge in [0.25, 0.3) is 5.09 Å². The Bertz CT molecular complexity index is 150. The summed E-state index contributed by atoms with van der Waals surface area (Å²) < 4.78 is 0. The molecule has 1 rings (SSSR count). The van der Waals surface area contributed by atoms with E-state index in [0.29, 0.717) is 0 Å². The van der Waals surface area contributed by atoms with Crippen LogP contribution >= 0.6 is 0 Å². The minimum atomic E-state index is -1.50. The maximum atomic E-state index is 8.36. The molecule has 0 heterocycles. The predicted octanol–water partition coefficient (Wildman–Crippen LogP) is 1.34. The minimum absolute atomic E-state index is 0. The summed E-state index contributed by atoms with van der Waals surface area (Å²) >= 11 is 0. The molecule has 0 unspecified atom stereocenters. The van der Waals surface area contributed by atoms with Crippen LogP contribution in [-0.2, 0) is 27.7 Å². The zero-order chi connectivity index (χ0) is 7.82. The van der Waals surface area contributed by atoms with Gasteiger partial charge in [-0.05, 0) is 0 Å². The van der Waals surface area contributed by atoms with Crippen LogP contribution in [-0.4, -0.2) is 10.3 Å². The van der Waals surface area contributed by atoms with E-state index in [4.69, 9.17) is 15.3 Å². The van der Waals surface area contributed by atoms with Crippen molar-refractivity contribution < 1.29 is 38.0 Å². The summed E-state index contributed by atoms with van der Waals surface area (Å²) in [7, 11) is 0. The first-order valence-electron chi connectivity index (χ1n) is 2.57. The van der Waals surface area contributed by atoms with Gasteiger partial charge in [0, 0.05) is 0 Å². The maximum Gasteiger partial charge on any atom is 1.00 e. The van der Waals surface area contributed by atoms with Crippen LogP contribution in [0.3, 0.4) is 0 Å². The van der Waals surface area contributed by atoms with Gasteiger partial charge in [0.2, 0.25) is 0 Å². The van der Waals surface area contributed by atoms with Gasteiger partial charge in [-0.1, -0.05) is 36.4 Å². The van der Waals surface area contributed by atoms with E-state index in [-0.39, 0.29) is 27.7 Å². The second-order valence-electron chi connectivity index (χ2n) is 1.39. The van der Waals surface area contributed by atoms with Crippen molar-refractivity contribution in [2.75, 3.05) is 0 Å². The van der Waals surface area contributed by atoms with Crippen LogP contribution in [0.1, 0.15) is 0 Å². The smallest absolute Gasteiger partial charge is 0.328 e. The summed E-state index contributed by atoms with van der Waals surface area (Å²) in [5.41, 5.74) is 0. The molecular weight excluding hydrogens is 335 g/mol. The van der Waals surface area contributed by atoms with E-state index in [9.17, 15) is 0 Å². The van der Waals surface area contributed by atoms with E-state index >= 15 is 0 Å². The van der Waals surface area contributed by atoms with Crippen LogP contribution in [0, 0.1) is 10.1 Å². The molecule has 0 atom stereocenters. The summed E-state index contributed by atoms with van der Waals surface area (Å²) in [6.07, 6.45) is 0. The fraction of sp³-hybridized carbons (Fsp3) is 0. The number of hydrogen-bond donors (Lipinski definition) is 1. The van der Waals surface area contributed by atoms with Crippen LogP contribution in [0.25, 0.3) is 0 Å². The van der Waals surface area contributed by atoms with Crippen LogP contribution < -0.4 is 0 Å². The average Bonchev–Trinajstić information content (AvgIpc) is 1.90. The summed E-state index contributed by atoms with van der Waals surface area (Å²) in [5, 5.41) is 13.6. The van der Waals surface area contributed by atoms with Gasteiger partial charge in [-0.3, -0.25) is 0 Å². The molecule has 0 amide bonds. The zero-order valence-electron chi connectivity index (χ0n) is 5.88. The monoisotopic (exact) mass is 343 g/mol. The molecule has 11 heavy (non-hydrogen) atoms. The van der Waals surface area contributed by atoms with Gasteiger partial charge < -0.3 is 5.21 Å². The number of nitrogens with zero attached hydrogens (tertiary/aromatic N) is 1. The molecule has 4 nitrogen and oxygen atoms in total. The Morgan fingerprint density at radius 3 is 1.18 bits per heavy atom. The first-order valence-corrected chi connectivity index (χ1v) is 2.57. The number of rotatable bonds is 0. The molecule has 1 N–H and O–H groups in total. The molecule has 0 saturated heterocycles. The molecule has 1 aromatic carbocycles. The molecular formula is C6H7HgNO3+. The van der Waals surface area contributed by atoms with Gasteiger partial charge in [-0.2, -0.15) is 0 Å². The van der Waals surface area contributed by atoms with Crippen molar-refractivity contribution in [2.45, 2.75) is 0 Å². The summed E-state index contributed by atoms with van der Waals surface area (Å²) in [5.74, 6) is 0. The molecule has 55 valence electrons. The third-order valence-corrected chi connectivity index (χ3v) is 0.667. The second-order valence-corrected chi connectivity index (χ2v) is 1.39. The van der Waals surface area contributed by atoms with E-state index in [1.807, 2.05) is 36.4 Å². The van der Waals surface area contributed by atoms with E-state index in [0.717, 1.165) is 0 Å². The second kappa shape index (κ2) is 9.36. The Hall–Kier alpha value is -0.645. The zero-order valence-corrected chi connectivity index (χ0v) is 11.4. The summed E-state index contributed by atoms with van der Waals surface area (Å²) in [4.78, 5) is 8.36. The largest absolute Gasteiger partial charge is 1.00 e. The normalized spacial score (nSPS) is 6.55. The average molecular weight is 342 g/mol. The van der Waals surface area contributed by atoms with Crippen LogP contribution in [0.4, 0.5) is 0 Å². The molecule has 0 bridgehead atoms.